The van der Waals surface area contributed by atoms with Crippen LogP contribution in [0.15, 0.2) is 48.5 Å². The van der Waals surface area contributed by atoms with Crippen molar-refractivity contribution >= 4 is 22.6 Å². The molecule has 2 aromatic carbocycles. The molecule has 0 amide bonds. The van der Waals surface area contributed by atoms with Crippen LogP contribution in [0.2, 0.25) is 36.3 Å². The lowest BCUT2D eigenvalue weighted by atomic mass is 10.2. The summed E-state index contributed by atoms with van der Waals surface area (Å²) in [5.41, 5.74) is 1.43. The zero-order chi connectivity index (χ0) is 32.0. The molecule has 2 rings (SSSR count). The van der Waals surface area contributed by atoms with Crippen LogP contribution in [0, 0.1) is 0 Å². The second-order valence-electron chi connectivity index (χ2n) is 13.4. The average Bonchev–Trinajstić information content (AvgIpc) is 2.92. The van der Waals surface area contributed by atoms with Gasteiger partial charge < -0.3 is 28.2 Å². The van der Waals surface area contributed by atoms with Gasteiger partial charge in [-0.1, -0.05) is 61.1 Å². The highest BCUT2D eigenvalue weighted by atomic mass is 28.4. The van der Waals surface area contributed by atoms with E-state index in [1.807, 2.05) is 24.3 Å². The number of aliphatic hydroxyl groups is 1. The first-order chi connectivity index (χ1) is 19.4. The van der Waals surface area contributed by atoms with Gasteiger partial charge in [-0.2, -0.15) is 0 Å². The van der Waals surface area contributed by atoms with Crippen molar-refractivity contribution in [3.63, 3.8) is 0 Å². The summed E-state index contributed by atoms with van der Waals surface area (Å²) in [4.78, 5) is 11.3. The molecule has 9 heteroatoms. The second-order valence-corrected chi connectivity index (χ2v) is 23.1. The molecular weight excluding hydrogens is 577 g/mol. The Balaban J connectivity index is 0.000000805. The molecule has 2 aromatic rings. The number of aliphatic hydroxyl groups excluding tert-OH is 1. The van der Waals surface area contributed by atoms with Crippen LogP contribution in [0.4, 0.5) is 0 Å². The van der Waals surface area contributed by atoms with Crippen molar-refractivity contribution in [1.82, 2.24) is 0 Å². The van der Waals surface area contributed by atoms with Crippen LogP contribution in [-0.4, -0.2) is 61.2 Å². The SMILES string of the molecule is C.CC(C)(C)[Si](C)(C)OCCCOc1ccc(CO)cc1.COC(=O)c1ccc(OCCCO[Si](C)(C)C(C)(C)C)cc1. The molecule has 0 unspecified atom stereocenters. The zero-order valence-electron chi connectivity index (χ0n) is 28.0. The summed E-state index contributed by atoms with van der Waals surface area (Å²) in [6, 6.07) is 14.5. The number of methoxy groups -OCH3 is 1. The molecule has 0 aliphatic carbocycles. The van der Waals surface area contributed by atoms with Gasteiger partial charge in [-0.05, 0) is 78.2 Å². The Labute approximate surface area is 264 Å². The largest absolute Gasteiger partial charge is 0.494 e. The van der Waals surface area contributed by atoms with Crippen LogP contribution in [0.25, 0.3) is 0 Å². The summed E-state index contributed by atoms with van der Waals surface area (Å²) in [6.45, 7) is 25.3. The highest BCUT2D eigenvalue weighted by molar-refractivity contribution is 6.74. The van der Waals surface area contributed by atoms with Crippen LogP contribution in [0.3, 0.4) is 0 Å². The lowest BCUT2D eigenvalue weighted by molar-refractivity contribution is 0.0600. The van der Waals surface area contributed by atoms with Crippen molar-refractivity contribution in [3.8, 4) is 11.5 Å². The van der Waals surface area contributed by atoms with Crippen molar-refractivity contribution in [2.75, 3.05) is 33.5 Å². The van der Waals surface area contributed by atoms with Gasteiger partial charge in [0.15, 0.2) is 16.6 Å². The summed E-state index contributed by atoms with van der Waals surface area (Å²) >= 11 is 0. The molecule has 0 saturated carbocycles. The molecule has 0 aliphatic heterocycles. The number of rotatable bonds is 14. The van der Waals surface area contributed by atoms with Gasteiger partial charge in [-0.3, -0.25) is 0 Å². The smallest absolute Gasteiger partial charge is 0.337 e. The number of carbonyl (C=O) groups excluding carboxylic acids is 1. The molecule has 0 bridgehead atoms. The Hall–Kier alpha value is -2.18. The fourth-order valence-electron chi connectivity index (χ4n) is 3.08. The van der Waals surface area contributed by atoms with Crippen LogP contribution in [0.5, 0.6) is 11.5 Å². The van der Waals surface area contributed by atoms with E-state index < -0.39 is 16.6 Å². The van der Waals surface area contributed by atoms with Crippen molar-refractivity contribution in [2.24, 2.45) is 0 Å². The quantitative estimate of drug-likeness (QED) is 0.126. The molecular formula is C34H60O7Si2. The maximum atomic E-state index is 11.3. The van der Waals surface area contributed by atoms with E-state index in [9.17, 15) is 4.79 Å². The number of hydrogen-bond acceptors (Lipinski definition) is 7. The predicted molar refractivity (Wildman–Crippen MR) is 183 cm³/mol. The molecule has 0 heterocycles. The minimum atomic E-state index is -1.67. The first-order valence-electron chi connectivity index (χ1n) is 14.9. The summed E-state index contributed by atoms with van der Waals surface area (Å²) in [5.74, 6) is 1.25. The van der Waals surface area contributed by atoms with E-state index in [4.69, 9.17) is 23.4 Å². The first-order valence-corrected chi connectivity index (χ1v) is 20.7. The van der Waals surface area contributed by atoms with Crippen molar-refractivity contribution in [1.29, 1.82) is 0 Å². The fraction of sp³-hybridized carbons (Fsp3) is 0.618. The van der Waals surface area contributed by atoms with Gasteiger partial charge in [0.2, 0.25) is 0 Å². The normalized spacial score (nSPS) is 12.0. The van der Waals surface area contributed by atoms with E-state index in [0.717, 1.165) is 43.1 Å². The monoisotopic (exact) mass is 636 g/mol. The lowest BCUT2D eigenvalue weighted by Crippen LogP contribution is -2.41. The molecule has 0 fully saturated rings. The van der Waals surface area contributed by atoms with Gasteiger partial charge in [0.05, 0.1) is 32.5 Å². The van der Waals surface area contributed by atoms with E-state index in [1.54, 1.807) is 24.3 Å². The van der Waals surface area contributed by atoms with Crippen molar-refractivity contribution in [3.05, 3.63) is 59.7 Å². The van der Waals surface area contributed by atoms with Gasteiger partial charge in [-0.15, -0.1) is 0 Å². The van der Waals surface area contributed by atoms with Gasteiger partial charge >= 0.3 is 5.97 Å². The molecule has 0 atom stereocenters. The Morgan fingerprint density at radius 2 is 1.05 bits per heavy atom. The van der Waals surface area contributed by atoms with Gasteiger partial charge in [0, 0.05) is 26.1 Å². The fourth-order valence-corrected chi connectivity index (χ4v) is 5.26. The molecule has 1 N–H and O–H groups in total. The van der Waals surface area contributed by atoms with E-state index in [1.165, 1.54) is 7.11 Å². The summed E-state index contributed by atoms with van der Waals surface area (Å²) in [5, 5.41) is 9.45. The number of benzene rings is 2. The number of carbonyl (C=O) groups is 1. The second kappa shape index (κ2) is 18.6. The number of esters is 1. The standard InChI is InChI=1S/C17H28O4Si.C16H28O3Si.CH4/c1-17(2,3)22(5,6)21-13-7-12-20-15-10-8-14(9-11-15)16(18)19-4;1-16(2,3)20(4,5)19-12-6-11-18-15-9-7-14(13-17)8-10-15;/h8-11H,7,12-13H2,1-6H3;7-10,17H,6,11-13H2,1-5H3;1H4. The third-order valence-electron chi connectivity index (χ3n) is 8.03. The topological polar surface area (TPSA) is 83.5 Å². The highest BCUT2D eigenvalue weighted by Crippen LogP contribution is 2.37. The molecule has 246 valence electrons. The summed E-state index contributed by atoms with van der Waals surface area (Å²) in [6.07, 6.45) is 1.75. The first kappa shape index (κ1) is 40.8. The van der Waals surface area contributed by atoms with Gasteiger partial charge in [0.1, 0.15) is 11.5 Å². The Bertz CT molecular complexity index is 1040. The van der Waals surface area contributed by atoms with E-state index in [0.29, 0.717) is 18.8 Å². The van der Waals surface area contributed by atoms with Crippen LogP contribution >= 0.6 is 0 Å². The zero-order valence-corrected chi connectivity index (χ0v) is 30.0. The molecule has 0 radical (unpaired) electrons. The third kappa shape index (κ3) is 14.9. The maximum absolute atomic E-state index is 11.3. The number of hydrogen-bond donors (Lipinski definition) is 1. The average molecular weight is 637 g/mol. The Morgan fingerprint density at radius 1 is 0.674 bits per heavy atom. The Kier molecular flexibility index (Phi) is 17.6. The van der Waals surface area contributed by atoms with E-state index in [2.05, 4.69) is 72.5 Å². The summed E-state index contributed by atoms with van der Waals surface area (Å²) in [7, 11) is -1.93. The molecule has 43 heavy (non-hydrogen) atoms. The maximum Gasteiger partial charge on any atom is 0.337 e. The predicted octanol–water partition coefficient (Wildman–Crippen LogP) is 8.87. The minimum Gasteiger partial charge on any atom is -0.494 e. The molecule has 0 spiro atoms. The van der Waals surface area contributed by atoms with Crippen LogP contribution in [0.1, 0.15) is 77.7 Å². The van der Waals surface area contributed by atoms with Crippen LogP contribution in [-0.2, 0) is 20.2 Å². The van der Waals surface area contributed by atoms with Crippen molar-refractivity contribution in [2.45, 2.75) is 105 Å². The van der Waals surface area contributed by atoms with E-state index in [-0.39, 0.29) is 30.1 Å². The lowest BCUT2D eigenvalue weighted by Gasteiger charge is -2.36. The van der Waals surface area contributed by atoms with E-state index >= 15 is 0 Å². The Morgan fingerprint density at radius 3 is 1.37 bits per heavy atom. The molecule has 0 saturated heterocycles. The molecule has 7 nitrogen and oxygen atoms in total. The molecule has 0 aromatic heterocycles. The number of ether oxygens (including phenoxy) is 3. The minimum absolute atomic E-state index is 0. The van der Waals surface area contributed by atoms with Gasteiger partial charge in [-0.25, -0.2) is 4.79 Å². The summed E-state index contributed by atoms with van der Waals surface area (Å²) < 4.78 is 28.2. The van der Waals surface area contributed by atoms with Gasteiger partial charge in [0.25, 0.3) is 0 Å². The highest BCUT2D eigenvalue weighted by Gasteiger charge is 2.37. The van der Waals surface area contributed by atoms with Crippen LogP contribution < -0.4 is 9.47 Å². The van der Waals surface area contributed by atoms with Crippen molar-refractivity contribution < 1.29 is 33.0 Å². The third-order valence-corrected chi connectivity index (χ3v) is 17.1. The molecule has 0 aliphatic rings.